The van der Waals surface area contributed by atoms with E-state index in [9.17, 15) is 9.59 Å². The number of piperazine rings is 1. The molecule has 2 fully saturated rings. The second kappa shape index (κ2) is 9.96. The van der Waals surface area contributed by atoms with E-state index in [4.69, 9.17) is 4.74 Å². The van der Waals surface area contributed by atoms with E-state index in [2.05, 4.69) is 15.5 Å². The molecule has 2 N–H and O–H groups in total. The maximum absolute atomic E-state index is 13.2. The molecule has 0 spiro atoms. The molecule has 1 aliphatic carbocycles. The summed E-state index contributed by atoms with van der Waals surface area (Å²) in [5.41, 5.74) is 1.97. The molecule has 0 bridgehead atoms. The van der Waals surface area contributed by atoms with Gasteiger partial charge in [-0.05, 0) is 36.1 Å². The Morgan fingerprint density at radius 3 is 2.45 bits per heavy atom. The fourth-order valence-electron chi connectivity index (χ4n) is 4.81. The van der Waals surface area contributed by atoms with Crippen LogP contribution in [0.3, 0.4) is 0 Å². The van der Waals surface area contributed by atoms with Crippen LogP contribution in [0.1, 0.15) is 49.3 Å². The van der Waals surface area contributed by atoms with Gasteiger partial charge in [-0.15, -0.1) is 0 Å². The Kier molecular flexibility index (Phi) is 6.87. The fourth-order valence-corrected chi connectivity index (χ4v) is 4.81. The third-order valence-electron chi connectivity index (χ3n) is 6.43. The smallest absolute Gasteiger partial charge is 0.237 e. The molecular formula is C25H31N3O3. The Bertz CT molecular complexity index is 879. The monoisotopic (exact) mass is 421 g/mol. The topological polar surface area (TPSA) is 70.7 Å². The first-order valence-electron chi connectivity index (χ1n) is 11.2. The minimum absolute atomic E-state index is 0.0333. The van der Waals surface area contributed by atoms with Gasteiger partial charge in [0.05, 0.1) is 25.6 Å². The van der Waals surface area contributed by atoms with E-state index < -0.39 is 6.04 Å². The molecule has 1 saturated carbocycles. The lowest BCUT2D eigenvalue weighted by Gasteiger charge is -2.39. The standard InChI is InChI=1S/C25H31N3O3/c1-31-21-13-11-19(12-14-21)24(18-7-3-2-4-8-18)27-23(29)17-22-25(30)26-15-16-28(22)20-9-5-6-10-20/h2-4,7-8,11-14,20,22,24H,5-6,9-10,15-17H2,1H3,(H,26,30)(H,27,29)/t22-,24+/m1/s1. The minimum atomic E-state index is -0.399. The third kappa shape index (κ3) is 5.07. The number of methoxy groups -OCH3 is 1. The first-order chi connectivity index (χ1) is 15.2. The number of rotatable bonds is 7. The van der Waals surface area contributed by atoms with Crippen LogP contribution in [-0.4, -0.2) is 49.0 Å². The van der Waals surface area contributed by atoms with Crippen LogP contribution >= 0.6 is 0 Å². The summed E-state index contributed by atoms with van der Waals surface area (Å²) in [6, 6.07) is 17.4. The molecule has 1 saturated heterocycles. The number of benzene rings is 2. The summed E-state index contributed by atoms with van der Waals surface area (Å²) in [5.74, 6) is 0.622. The molecule has 2 aliphatic rings. The Hall–Kier alpha value is -2.86. The van der Waals surface area contributed by atoms with E-state index in [-0.39, 0.29) is 24.3 Å². The van der Waals surface area contributed by atoms with Crippen LogP contribution in [-0.2, 0) is 9.59 Å². The lowest BCUT2D eigenvalue weighted by atomic mass is 9.97. The SMILES string of the molecule is COc1ccc([C@@H](NC(=O)C[C@@H]2C(=O)NCCN2C2CCCC2)c2ccccc2)cc1. The van der Waals surface area contributed by atoms with Gasteiger partial charge in [-0.2, -0.15) is 0 Å². The van der Waals surface area contributed by atoms with E-state index >= 15 is 0 Å². The van der Waals surface area contributed by atoms with Gasteiger partial charge in [0.15, 0.2) is 0 Å². The van der Waals surface area contributed by atoms with E-state index in [0.717, 1.165) is 36.3 Å². The lowest BCUT2D eigenvalue weighted by molar-refractivity contribution is -0.135. The molecule has 6 heteroatoms. The summed E-state index contributed by atoms with van der Waals surface area (Å²) < 4.78 is 5.27. The molecular weight excluding hydrogens is 390 g/mol. The zero-order valence-corrected chi connectivity index (χ0v) is 18.0. The van der Waals surface area contributed by atoms with Gasteiger partial charge in [-0.1, -0.05) is 55.3 Å². The van der Waals surface area contributed by atoms with Gasteiger partial charge in [0.25, 0.3) is 0 Å². The van der Waals surface area contributed by atoms with Gasteiger partial charge in [-0.3, -0.25) is 14.5 Å². The summed E-state index contributed by atoms with van der Waals surface area (Å²) >= 11 is 0. The quantitative estimate of drug-likeness (QED) is 0.721. The van der Waals surface area contributed by atoms with Crippen molar-refractivity contribution in [3.8, 4) is 5.75 Å². The summed E-state index contributed by atoms with van der Waals surface area (Å²) in [5, 5.41) is 6.13. The first kappa shape index (κ1) is 21.4. The molecule has 0 radical (unpaired) electrons. The number of amides is 2. The second-order valence-electron chi connectivity index (χ2n) is 8.37. The summed E-state index contributed by atoms with van der Waals surface area (Å²) in [7, 11) is 1.64. The van der Waals surface area contributed by atoms with Gasteiger partial charge >= 0.3 is 0 Å². The molecule has 0 aromatic heterocycles. The molecule has 2 atom stereocenters. The number of carbonyl (C=O) groups excluding carboxylic acids is 2. The van der Waals surface area contributed by atoms with Crippen molar-refractivity contribution in [1.29, 1.82) is 0 Å². The maximum atomic E-state index is 13.2. The molecule has 164 valence electrons. The molecule has 0 unspecified atom stereocenters. The normalized spacial score (nSPS) is 20.8. The molecule has 1 aliphatic heterocycles. The van der Waals surface area contributed by atoms with Crippen molar-refractivity contribution < 1.29 is 14.3 Å². The van der Waals surface area contributed by atoms with Crippen molar-refractivity contribution in [3.63, 3.8) is 0 Å². The van der Waals surface area contributed by atoms with Gasteiger partial charge in [0, 0.05) is 19.1 Å². The van der Waals surface area contributed by atoms with Gasteiger partial charge in [0.1, 0.15) is 5.75 Å². The molecule has 6 nitrogen and oxygen atoms in total. The summed E-state index contributed by atoms with van der Waals surface area (Å²) in [6.07, 6.45) is 4.81. The highest BCUT2D eigenvalue weighted by Crippen LogP contribution is 2.28. The van der Waals surface area contributed by atoms with Crippen molar-refractivity contribution in [2.45, 2.75) is 50.2 Å². The number of carbonyl (C=O) groups is 2. The van der Waals surface area contributed by atoms with Crippen molar-refractivity contribution in [2.24, 2.45) is 0 Å². The number of hydrogen-bond acceptors (Lipinski definition) is 4. The van der Waals surface area contributed by atoms with Gasteiger partial charge < -0.3 is 15.4 Å². The van der Waals surface area contributed by atoms with Gasteiger partial charge in [0.2, 0.25) is 11.8 Å². The van der Waals surface area contributed by atoms with E-state index in [1.165, 1.54) is 12.8 Å². The molecule has 4 rings (SSSR count). The molecule has 2 amide bonds. The second-order valence-corrected chi connectivity index (χ2v) is 8.37. The van der Waals surface area contributed by atoms with E-state index in [1.807, 2.05) is 54.6 Å². The number of nitrogens with one attached hydrogen (secondary N) is 2. The van der Waals surface area contributed by atoms with E-state index in [1.54, 1.807) is 7.11 Å². The van der Waals surface area contributed by atoms with E-state index in [0.29, 0.717) is 12.6 Å². The maximum Gasteiger partial charge on any atom is 0.237 e. The van der Waals surface area contributed by atoms with Crippen molar-refractivity contribution in [1.82, 2.24) is 15.5 Å². The third-order valence-corrected chi connectivity index (χ3v) is 6.43. The Morgan fingerprint density at radius 2 is 1.77 bits per heavy atom. The zero-order valence-electron chi connectivity index (χ0n) is 18.0. The molecule has 31 heavy (non-hydrogen) atoms. The minimum Gasteiger partial charge on any atom is -0.497 e. The first-order valence-corrected chi connectivity index (χ1v) is 11.2. The van der Waals surface area contributed by atoms with Crippen LogP contribution in [0.15, 0.2) is 54.6 Å². The summed E-state index contributed by atoms with van der Waals surface area (Å²) in [6.45, 7) is 1.47. The van der Waals surface area contributed by atoms with Crippen LogP contribution in [0.4, 0.5) is 0 Å². The Morgan fingerprint density at radius 1 is 1.10 bits per heavy atom. The van der Waals surface area contributed by atoms with Crippen LogP contribution < -0.4 is 15.4 Å². The highest BCUT2D eigenvalue weighted by Gasteiger charge is 2.37. The average molecular weight is 422 g/mol. The predicted octanol–water partition coefficient (Wildman–Crippen LogP) is 3.03. The Balaban J connectivity index is 1.51. The fraction of sp³-hybridized carbons (Fsp3) is 0.440. The number of hydrogen-bond donors (Lipinski definition) is 2. The molecule has 2 aromatic carbocycles. The average Bonchev–Trinajstić information content (AvgIpc) is 3.34. The van der Waals surface area contributed by atoms with Crippen LogP contribution in [0, 0.1) is 0 Å². The largest absolute Gasteiger partial charge is 0.497 e. The van der Waals surface area contributed by atoms with Crippen LogP contribution in [0.25, 0.3) is 0 Å². The van der Waals surface area contributed by atoms with Crippen LogP contribution in [0.2, 0.25) is 0 Å². The highest BCUT2D eigenvalue weighted by molar-refractivity contribution is 5.89. The zero-order chi connectivity index (χ0) is 21.6. The number of nitrogens with zero attached hydrogens (tertiary/aromatic N) is 1. The molecule has 2 aromatic rings. The van der Waals surface area contributed by atoms with Crippen molar-refractivity contribution >= 4 is 11.8 Å². The van der Waals surface area contributed by atoms with Crippen molar-refractivity contribution in [2.75, 3.05) is 20.2 Å². The lowest BCUT2D eigenvalue weighted by Crippen LogP contribution is -2.59. The highest BCUT2D eigenvalue weighted by atomic mass is 16.5. The Labute approximate surface area is 184 Å². The van der Waals surface area contributed by atoms with Gasteiger partial charge in [-0.25, -0.2) is 0 Å². The molecule has 1 heterocycles. The summed E-state index contributed by atoms with van der Waals surface area (Å²) in [4.78, 5) is 28.1. The van der Waals surface area contributed by atoms with Crippen molar-refractivity contribution in [3.05, 3.63) is 65.7 Å². The van der Waals surface area contributed by atoms with Crippen LogP contribution in [0.5, 0.6) is 5.75 Å². The number of ether oxygens (including phenoxy) is 1. The predicted molar refractivity (Wildman–Crippen MR) is 120 cm³/mol.